The molecule has 1 aromatic heterocycles. The van der Waals surface area contributed by atoms with E-state index in [4.69, 9.17) is 4.42 Å². The number of furan rings is 1. The molecule has 0 saturated heterocycles. The van der Waals surface area contributed by atoms with E-state index in [1.54, 1.807) is 0 Å². The van der Waals surface area contributed by atoms with E-state index in [1.165, 1.54) is 61.0 Å². The Labute approximate surface area is 354 Å². The average Bonchev–Trinajstić information content (AvgIpc) is 3.97. The lowest BCUT2D eigenvalue weighted by Crippen LogP contribution is -2.26. The number of anilines is 3. The lowest BCUT2D eigenvalue weighted by molar-refractivity contribution is 0.672. The summed E-state index contributed by atoms with van der Waals surface area (Å²) in [6.07, 6.45) is 0. The van der Waals surface area contributed by atoms with E-state index in [0.717, 1.165) is 55.5 Å². The normalized spacial score (nSPS) is 13.0. The molecule has 2 aliphatic carbocycles. The van der Waals surface area contributed by atoms with Crippen LogP contribution in [0.2, 0.25) is 0 Å². The molecule has 0 unspecified atom stereocenters. The molecule has 1 spiro atoms. The van der Waals surface area contributed by atoms with Crippen molar-refractivity contribution in [3.63, 3.8) is 0 Å². The van der Waals surface area contributed by atoms with Gasteiger partial charge in [0, 0.05) is 22.0 Å². The van der Waals surface area contributed by atoms with Crippen LogP contribution in [-0.4, -0.2) is 0 Å². The van der Waals surface area contributed by atoms with E-state index >= 15 is 0 Å². The Hall–Kier alpha value is -7.94. The van der Waals surface area contributed by atoms with Crippen LogP contribution < -0.4 is 4.90 Å². The third-order valence-electron chi connectivity index (χ3n) is 13.3. The molecule has 1 heterocycles. The van der Waals surface area contributed by atoms with Gasteiger partial charge in [-0.2, -0.15) is 0 Å². The summed E-state index contributed by atoms with van der Waals surface area (Å²) in [6, 6.07) is 82.2. The SMILES string of the molecule is c1ccc(-c2ccccc2N(c2ccc3c(c2)C2(c4ccccc4-c4ccccc42)c2ccccc2-3)c2cccc3oc4c5ccccc5c(-c5ccccc5)cc4c23)cc1. The molecule has 61 heavy (non-hydrogen) atoms. The van der Waals surface area contributed by atoms with Crippen LogP contribution in [-0.2, 0) is 5.41 Å². The van der Waals surface area contributed by atoms with E-state index in [2.05, 4.69) is 229 Å². The molecule has 10 aromatic carbocycles. The van der Waals surface area contributed by atoms with Crippen molar-refractivity contribution in [3.8, 4) is 44.5 Å². The van der Waals surface area contributed by atoms with E-state index < -0.39 is 5.41 Å². The van der Waals surface area contributed by atoms with Crippen LogP contribution in [0.4, 0.5) is 17.1 Å². The Morgan fingerprint density at radius 3 is 1.49 bits per heavy atom. The topological polar surface area (TPSA) is 16.4 Å². The molecule has 0 aliphatic heterocycles. The van der Waals surface area contributed by atoms with Crippen LogP contribution in [0, 0.1) is 0 Å². The fourth-order valence-corrected chi connectivity index (χ4v) is 10.8. The maximum absolute atomic E-state index is 6.98. The van der Waals surface area contributed by atoms with Crippen LogP contribution in [0.3, 0.4) is 0 Å². The Kier molecular flexibility index (Phi) is 7.26. The summed E-state index contributed by atoms with van der Waals surface area (Å²) in [5.74, 6) is 0. The van der Waals surface area contributed by atoms with Crippen molar-refractivity contribution in [2.24, 2.45) is 0 Å². The lowest BCUT2D eigenvalue weighted by atomic mass is 9.70. The summed E-state index contributed by atoms with van der Waals surface area (Å²) in [6.45, 7) is 0. The predicted octanol–water partition coefficient (Wildman–Crippen LogP) is 15.9. The molecule has 2 aliphatic rings. The lowest BCUT2D eigenvalue weighted by Gasteiger charge is -2.33. The first-order chi connectivity index (χ1) is 30.3. The fraction of sp³-hybridized carbons (Fsp3) is 0.0169. The van der Waals surface area contributed by atoms with Crippen molar-refractivity contribution in [1.29, 1.82) is 0 Å². The second-order valence-corrected chi connectivity index (χ2v) is 16.3. The van der Waals surface area contributed by atoms with Crippen molar-refractivity contribution >= 4 is 49.8 Å². The molecule has 0 fully saturated rings. The fourth-order valence-electron chi connectivity index (χ4n) is 10.8. The Morgan fingerprint density at radius 1 is 0.328 bits per heavy atom. The first kappa shape index (κ1) is 34.0. The summed E-state index contributed by atoms with van der Waals surface area (Å²) >= 11 is 0. The van der Waals surface area contributed by atoms with Gasteiger partial charge in [-0.15, -0.1) is 0 Å². The van der Waals surface area contributed by atoms with E-state index in [-0.39, 0.29) is 0 Å². The van der Waals surface area contributed by atoms with Crippen LogP contribution in [0.5, 0.6) is 0 Å². The van der Waals surface area contributed by atoms with Gasteiger partial charge in [-0.25, -0.2) is 0 Å². The van der Waals surface area contributed by atoms with Gasteiger partial charge in [-0.1, -0.05) is 188 Å². The van der Waals surface area contributed by atoms with Crippen LogP contribution in [0.25, 0.3) is 77.2 Å². The predicted molar refractivity (Wildman–Crippen MR) is 253 cm³/mol. The van der Waals surface area contributed by atoms with Gasteiger partial charge in [0.25, 0.3) is 0 Å². The van der Waals surface area contributed by atoms with Gasteiger partial charge in [-0.3, -0.25) is 0 Å². The van der Waals surface area contributed by atoms with E-state index in [1.807, 2.05) is 0 Å². The van der Waals surface area contributed by atoms with Crippen molar-refractivity contribution < 1.29 is 4.42 Å². The zero-order chi connectivity index (χ0) is 40.1. The van der Waals surface area contributed by atoms with Crippen molar-refractivity contribution in [2.75, 3.05) is 4.90 Å². The zero-order valence-corrected chi connectivity index (χ0v) is 33.2. The number of rotatable bonds is 5. The smallest absolute Gasteiger partial charge is 0.143 e. The average molecular weight is 776 g/mol. The molecule has 13 rings (SSSR count). The highest BCUT2D eigenvalue weighted by molar-refractivity contribution is 6.22. The molecule has 0 amide bonds. The van der Waals surface area contributed by atoms with Crippen LogP contribution in [0.15, 0.2) is 229 Å². The summed E-state index contributed by atoms with van der Waals surface area (Å²) < 4.78 is 6.98. The minimum atomic E-state index is -0.475. The highest BCUT2D eigenvalue weighted by atomic mass is 16.3. The number of benzene rings is 10. The highest BCUT2D eigenvalue weighted by Crippen LogP contribution is 2.63. The van der Waals surface area contributed by atoms with Gasteiger partial charge in [0.15, 0.2) is 0 Å². The third kappa shape index (κ3) is 4.73. The first-order valence-electron chi connectivity index (χ1n) is 21.1. The molecule has 2 heteroatoms. The van der Waals surface area contributed by atoms with Gasteiger partial charge in [0.1, 0.15) is 11.2 Å². The van der Waals surface area contributed by atoms with E-state index in [0.29, 0.717) is 0 Å². The van der Waals surface area contributed by atoms with Crippen LogP contribution >= 0.6 is 0 Å². The Balaban J connectivity index is 1.14. The molecule has 0 N–H and O–H groups in total. The largest absolute Gasteiger partial charge is 0.455 e. The monoisotopic (exact) mass is 775 g/mol. The number of fused-ring (bicyclic) bond motifs is 15. The molecule has 0 atom stereocenters. The van der Waals surface area contributed by atoms with Crippen molar-refractivity contribution in [3.05, 3.63) is 247 Å². The Bertz CT molecular complexity index is 3480. The maximum atomic E-state index is 6.98. The molecular formula is C59H37NO. The first-order valence-corrected chi connectivity index (χ1v) is 21.1. The summed E-state index contributed by atoms with van der Waals surface area (Å²) in [4.78, 5) is 2.49. The Morgan fingerprint density at radius 2 is 0.836 bits per heavy atom. The van der Waals surface area contributed by atoms with Gasteiger partial charge >= 0.3 is 0 Å². The summed E-state index contributed by atoms with van der Waals surface area (Å²) in [5.41, 5.74) is 19.7. The second-order valence-electron chi connectivity index (χ2n) is 16.3. The highest BCUT2D eigenvalue weighted by Gasteiger charge is 2.51. The minimum absolute atomic E-state index is 0.475. The molecule has 2 nitrogen and oxygen atoms in total. The van der Waals surface area contributed by atoms with E-state index in [9.17, 15) is 0 Å². The van der Waals surface area contributed by atoms with Crippen molar-refractivity contribution in [2.45, 2.75) is 5.41 Å². The molecule has 284 valence electrons. The molecule has 0 radical (unpaired) electrons. The molecule has 0 saturated carbocycles. The number of hydrogen-bond acceptors (Lipinski definition) is 2. The maximum Gasteiger partial charge on any atom is 0.143 e. The summed E-state index contributed by atoms with van der Waals surface area (Å²) in [7, 11) is 0. The summed E-state index contributed by atoms with van der Waals surface area (Å²) in [5, 5.41) is 4.45. The molecular weight excluding hydrogens is 739 g/mol. The van der Waals surface area contributed by atoms with Crippen molar-refractivity contribution in [1.82, 2.24) is 0 Å². The van der Waals surface area contributed by atoms with Gasteiger partial charge in [-0.05, 0) is 103 Å². The number of nitrogens with zero attached hydrogens (tertiary/aromatic N) is 1. The quantitative estimate of drug-likeness (QED) is 0.173. The minimum Gasteiger partial charge on any atom is -0.455 e. The third-order valence-corrected chi connectivity index (χ3v) is 13.3. The second kappa shape index (κ2) is 13.0. The van der Waals surface area contributed by atoms with Gasteiger partial charge < -0.3 is 9.32 Å². The number of para-hydroxylation sites is 1. The molecule has 11 aromatic rings. The standard InChI is InChI=1S/C59H37NO/c1-3-18-38(19-4-1)41-22-12-16-31-54(41)60(55-32-17-33-56-57(55)49-37-48(39-20-5-2-6-21-39)42-23-7-8-27-47(42)58(49)61-56)40-34-35-46-45-26-11-15-30-52(45)59(53(46)36-40)50-28-13-9-24-43(50)44-25-10-14-29-51(44)59/h1-37H. The number of hydrogen-bond donors (Lipinski definition) is 0. The van der Waals surface area contributed by atoms with Gasteiger partial charge in [0.05, 0.1) is 22.2 Å². The van der Waals surface area contributed by atoms with Gasteiger partial charge in [0.2, 0.25) is 0 Å². The van der Waals surface area contributed by atoms with Crippen LogP contribution in [0.1, 0.15) is 22.3 Å². The molecule has 0 bridgehead atoms. The zero-order valence-electron chi connectivity index (χ0n) is 33.2.